The highest BCUT2D eigenvalue weighted by atomic mass is 32.2. The molecule has 1 fully saturated rings. The predicted molar refractivity (Wildman–Crippen MR) is 117 cm³/mol. The van der Waals surface area contributed by atoms with Gasteiger partial charge in [-0.05, 0) is 99.4 Å². The zero-order valence-electron chi connectivity index (χ0n) is 17.7. The number of rotatable bonds is 6. The van der Waals surface area contributed by atoms with Gasteiger partial charge in [0, 0.05) is 25.3 Å². The fraction of sp³-hybridized carbons (Fsp3) is 0.478. The molecule has 1 aliphatic rings. The number of anilines is 1. The van der Waals surface area contributed by atoms with Crippen LogP contribution in [0.2, 0.25) is 0 Å². The second-order valence-electron chi connectivity index (χ2n) is 7.96. The molecule has 0 atom stereocenters. The van der Waals surface area contributed by atoms with Gasteiger partial charge in [0.25, 0.3) is 0 Å². The first-order chi connectivity index (χ1) is 13.2. The Bertz CT molecular complexity index is 928. The van der Waals surface area contributed by atoms with Crippen molar-refractivity contribution in [3.63, 3.8) is 0 Å². The summed E-state index contributed by atoms with van der Waals surface area (Å²) in [7, 11) is -3.53. The van der Waals surface area contributed by atoms with Crippen molar-refractivity contribution in [2.45, 2.75) is 58.8 Å². The Morgan fingerprint density at radius 1 is 0.821 bits per heavy atom. The van der Waals surface area contributed by atoms with Gasteiger partial charge < -0.3 is 4.90 Å². The summed E-state index contributed by atoms with van der Waals surface area (Å²) in [6.07, 6.45) is 3.21. The van der Waals surface area contributed by atoms with Gasteiger partial charge in [-0.25, -0.2) is 13.1 Å². The van der Waals surface area contributed by atoms with E-state index in [0.717, 1.165) is 40.9 Å². The molecular formula is C23H32N2O2S. The largest absolute Gasteiger partial charge is 0.372 e. The molecule has 1 saturated heterocycles. The van der Waals surface area contributed by atoms with Crippen LogP contribution in [-0.4, -0.2) is 28.1 Å². The molecule has 0 aliphatic carbocycles. The van der Waals surface area contributed by atoms with Crippen LogP contribution in [0.5, 0.6) is 0 Å². The van der Waals surface area contributed by atoms with Gasteiger partial charge in [-0.15, -0.1) is 0 Å². The van der Waals surface area contributed by atoms with Crippen molar-refractivity contribution >= 4 is 15.7 Å². The quantitative estimate of drug-likeness (QED) is 0.784. The van der Waals surface area contributed by atoms with E-state index in [2.05, 4.69) is 40.8 Å². The summed E-state index contributed by atoms with van der Waals surface area (Å²) < 4.78 is 28.8. The van der Waals surface area contributed by atoms with Crippen LogP contribution >= 0.6 is 0 Å². The molecule has 0 bridgehead atoms. The van der Waals surface area contributed by atoms with E-state index in [9.17, 15) is 8.42 Å². The monoisotopic (exact) mass is 400 g/mol. The molecule has 28 heavy (non-hydrogen) atoms. The Labute approximate surface area is 170 Å². The number of sulfonamides is 1. The summed E-state index contributed by atoms with van der Waals surface area (Å²) >= 11 is 0. The zero-order chi connectivity index (χ0) is 20.5. The third-order valence-corrected chi connectivity index (χ3v) is 8.05. The van der Waals surface area contributed by atoms with E-state index < -0.39 is 10.0 Å². The number of nitrogens with one attached hydrogen (secondary N) is 1. The average Bonchev–Trinajstić information content (AvgIpc) is 3.20. The van der Waals surface area contributed by atoms with Crippen molar-refractivity contribution in [2.75, 3.05) is 24.5 Å². The Balaban J connectivity index is 1.69. The molecule has 5 heteroatoms. The first-order valence-corrected chi connectivity index (χ1v) is 11.6. The van der Waals surface area contributed by atoms with Crippen molar-refractivity contribution in [1.82, 2.24) is 4.72 Å². The minimum Gasteiger partial charge on any atom is -0.372 e. The van der Waals surface area contributed by atoms with Crippen molar-refractivity contribution < 1.29 is 8.42 Å². The highest BCUT2D eigenvalue weighted by Gasteiger charge is 2.23. The first kappa shape index (κ1) is 20.9. The van der Waals surface area contributed by atoms with Gasteiger partial charge >= 0.3 is 0 Å². The maximum atomic E-state index is 13.0. The molecule has 0 unspecified atom stereocenters. The van der Waals surface area contributed by atoms with Gasteiger partial charge in [0.05, 0.1) is 4.90 Å². The number of benzene rings is 2. The smallest absolute Gasteiger partial charge is 0.241 e. The third kappa shape index (κ3) is 4.11. The van der Waals surface area contributed by atoms with Gasteiger partial charge in [-0.1, -0.05) is 12.1 Å². The van der Waals surface area contributed by atoms with Crippen LogP contribution in [0.4, 0.5) is 5.69 Å². The number of hydrogen-bond acceptors (Lipinski definition) is 3. The van der Waals surface area contributed by atoms with E-state index in [0.29, 0.717) is 17.9 Å². The molecule has 4 nitrogen and oxygen atoms in total. The SMILES string of the molecule is Cc1c(C)c(C)c(S(=O)(=O)NCCc2ccc(N3CCCC3)cc2)c(C)c1C. The summed E-state index contributed by atoms with van der Waals surface area (Å²) in [6.45, 7) is 12.5. The van der Waals surface area contributed by atoms with Crippen molar-refractivity contribution in [2.24, 2.45) is 0 Å². The summed E-state index contributed by atoms with van der Waals surface area (Å²) in [5, 5.41) is 0. The molecule has 0 saturated carbocycles. The van der Waals surface area contributed by atoms with Gasteiger partial charge in [0.1, 0.15) is 0 Å². The first-order valence-electron chi connectivity index (χ1n) is 10.1. The lowest BCUT2D eigenvalue weighted by Gasteiger charge is -2.19. The Kier molecular flexibility index (Phi) is 6.15. The van der Waals surface area contributed by atoms with Crippen LogP contribution in [0.1, 0.15) is 46.2 Å². The van der Waals surface area contributed by atoms with Crippen molar-refractivity contribution in [3.8, 4) is 0 Å². The van der Waals surface area contributed by atoms with E-state index in [1.165, 1.54) is 24.1 Å². The predicted octanol–water partition coefficient (Wildman–Crippen LogP) is 4.35. The van der Waals surface area contributed by atoms with E-state index in [1.807, 2.05) is 27.7 Å². The minimum absolute atomic E-state index is 0.399. The van der Waals surface area contributed by atoms with Crippen LogP contribution in [0.15, 0.2) is 29.2 Å². The topological polar surface area (TPSA) is 49.4 Å². The molecule has 0 spiro atoms. The summed E-state index contributed by atoms with van der Waals surface area (Å²) in [5.74, 6) is 0. The van der Waals surface area contributed by atoms with E-state index in [-0.39, 0.29) is 0 Å². The minimum atomic E-state index is -3.53. The van der Waals surface area contributed by atoms with Crippen molar-refractivity contribution in [3.05, 3.63) is 57.6 Å². The molecular weight excluding hydrogens is 368 g/mol. The normalized spacial score (nSPS) is 14.7. The molecule has 2 aromatic rings. The molecule has 152 valence electrons. The Morgan fingerprint density at radius 2 is 1.32 bits per heavy atom. The zero-order valence-corrected chi connectivity index (χ0v) is 18.5. The maximum Gasteiger partial charge on any atom is 0.241 e. The molecule has 0 radical (unpaired) electrons. The van der Waals surface area contributed by atoms with Gasteiger partial charge in [-0.2, -0.15) is 0 Å². The van der Waals surface area contributed by atoms with Crippen molar-refractivity contribution in [1.29, 1.82) is 0 Å². The standard InChI is InChI=1S/C23H32N2O2S/c1-16-17(2)19(4)23(20(5)18(16)3)28(26,27)24-13-12-21-8-10-22(11-9-21)25-14-6-7-15-25/h8-11,24H,6-7,12-15H2,1-5H3. The van der Waals surface area contributed by atoms with Crippen LogP contribution in [0.3, 0.4) is 0 Å². The summed E-state index contributed by atoms with van der Waals surface area (Å²) in [4.78, 5) is 2.84. The molecule has 1 N–H and O–H groups in total. The lowest BCUT2D eigenvalue weighted by Crippen LogP contribution is -2.28. The average molecular weight is 401 g/mol. The second-order valence-corrected chi connectivity index (χ2v) is 9.67. The van der Waals surface area contributed by atoms with Crippen LogP contribution in [0, 0.1) is 34.6 Å². The van der Waals surface area contributed by atoms with Crippen LogP contribution < -0.4 is 9.62 Å². The summed E-state index contributed by atoms with van der Waals surface area (Å²) in [5.41, 5.74) is 7.40. The van der Waals surface area contributed by atoms with E-state index in [1.54, 1.807) is 0 Å². The highest BCUT2D eigenvalue weighted by Crippen LogP contribution is 2.29. The van der Waals surface area contributed by atoms with Crippen LogP contribution in [0.25, 0.3) is 0 Å². The number of hydrogen-bond donors (Lipinski definition) is 1. The molecule has 2 aromatic carbocycles. The maximum absolute atomic E-state index is 13.0. The highest BCUT2D eigenvalue weighted by molar-refractivity contribution is 7.89. The molecule has 0 aromatic heterocycles. The summed E-state index contributed by atoms with van der Waals surface area (Å²) in [6, 6.07) is 8.52. The fourth-order valence-electron chi connectivity index (χ4n) is 4.12. The Morgan fingerprint density at radius 3 is 1.86 bits per heavy atom. The lowest BCUT2D eigenvalue weighted by atomic mass is 9.95. The molecule has 3 rings (SSSR count). The molecule has 1 aliphatic heterocycles. The van der Waals surface area contributed by atoms with E-state index >= 15 is 0 Å². The fourth-order valence-corrected chi connectivity index (χ4v) is 5.75. The van der Waals surface area contributed by atoms with Gasteiger partial charge in [0.2, 0.25) is 10.0 Å². The molecule has 1 heterocycles. The molecule has 0 amide bonds. The second kappa shape index (κ2) is 8.26. The lowest BCUT2D eigenvalue weighted by molar-refractivity contribution is 0.580. The van der Waals surface area contributed by atoms with Gasteiger partial charge in [-0.3, -0.25) is 0 Å². The number of nitrogens with zero attached hydrogens (tertiary/aromatic N) is 1. The van der Waals surface area contributed by atoms with Gasteiger partial charge in [0.15, 0.2) is 0 Å². The van der Waals surface area contributed by atoms with E-state index in [4.69, 9.17) is 0 Å². The Hall–Kier alpha value is -1.85. The van der Waals surface area contributed by atoms with Crippen LogP contribution in [-0.2, 0) is 16.4 Å². The third-order valence-electron chi connectivity index (χ3n) is 6.31.